The number of hydrogen-bond donors (Lipinski definition) is 2. The molecule has 6 heteroatoms. The topological polar surface area (TPSA) is 71.2 Å². The average molecular weight is 368 g/mol. The number of carbonyl (C=O) groups excluding carboxylic acids is 1. The quantitative estimate of drug-likeness (QED) is 0.696. The highest BCUT2D eigenvalue weighted by atomic mass is 32.2. The van der Waals surface area contributed by atoms with Gasteiger partial charge in [-0.3, -0.25) is 9.59 Å². The number of nitrogens with one attached hydrogen (secondary N) is 2. The third-order valence-electron chi connectivity index (χ3n) is 3.91. The number of fused-ring (bicyclic) bond motifs is 1. The fraction of sp³-hybridized carbons (Fsp3) is 0.200. The molecule has 0 bridgehead atoms. The first-order valence-corrected chi connectivity index (χ1v) is 9.35. The van der Waals surface area contributed by atoms with E-state index in [2.05, 4.69) is 10.3 Å². The van der Waals surface area contributed by atoms with Crippen LogP contribution in [0.1, 0.15) is 11.3 Å². The van der Waals surface area contributed by atoms with Crippen LogP contribution in [0.15, 0.2) is 53.3 Å². The Labute approximate surface area is 155 Å². The first-order chi connectivity index (χ1) is 12.6. The molecule has 0 aliphatic rings. The molecule has 0 spiro atoms. The normalized spacial score (nSPS) is 10.7. The summed E-state index contributed by atoms with van der Waals surface area (Å²) in [7, 11) is 1.57. The van der Waals surface area contributed by atoms with Crippen molar-refractivity contribution in [1.82, 2.24) is 4.98 Å². The molecule has 134 valence electrons. The minimum absolute atomic E-state index is 0.00664. The van der Waals surface area contributed by atoms with Crippen molar-refractivity contribution < 1.29 is 9.53 Å². The highest BCUT2D eigenvalue weighted by Crippen LogP contribution is 2.23. The summed E-state index contributed by atoms with van der Waals surface area (Å²) < 4.78 is 5.22. The molecule has 0 aliphatic heterocycles. The highest BCUT2D eigenvalue weighted by Gasteiger charge is 2.08. The van der Waals surface area contributed by atoms with Gasteiger partial charge < -0.3 is 15.0 Å². The summed E-state index contributed by atoms with van der Waals surface area (Å²) >= 11 is 1.45. The second kappa shape index (κ2) is 8.10. The number of ether oxygens (including phenoxy) is 1. The van der Waals surface area contributed by atoms with Gasteiger partial charge in [0.2, 0.25) is 5.91 Å². The monoisotopic (exact) mass is 368 g/mol. The molecule has 3 aromatic rings. The van der Waals surface area contributed by atoms with Gasteiger partial charge in [0.15, 0.2) is 5.43 Å². The molecule has 0 atom stereocenters. The third-order valence-corrected chi connectivity index (χ3v) is 4.89. The van der Waals surface area contributed by atoms with Gasteiger partial charge in [-0.25, -0.2) is 0 Å². The van der Waals surface area contributed by atoms with E-state index in [1.54, 1.807) is 25.3 Å². The SMILES string of the molecule is COc1ccccc1NC(=O)CSCc1cc(=O)c2ccc(C)cc2[nH]1. The van der Waals surface area contributed by atoms with E-state index < -0.39 is 0 Å². The van der Waals surface area contributed by atoms with Crippen LogP contribution in [0.2, 0.25) is 0 Å². The Morgan fingerprint density at radius 3 is 2.81 bits per heavy atom. The zero-order valence-corrected chi connectivity index (χ0v) is 15.5. The number of aromatic nitrogens is 1. The molecule has 1 heterocycles. The molecule has 3 rings (SSSR count). The lowest BCUT2D eigenvalue weighted by Gasteiger charge is -2.10. The highest BCUT2D eigenvalue weighted by molar-refractivity contribution is 7.99. The van der Waals surface area contributed by atoms with E-state index in [9.17, 15) is 9.59 Å². The largest absolute Gasteiger partial charge is 0.495 e. The zero-order chi connectivity index (χ0) is 18.5. The summed E-state index contributed by atoms with van der Waals surface area (Å²) in [5.74, 6) is 1.35. The van der Waals surface area contributed by atoms with Gasteiger partial charge in [-0.2, -0.15) is 0 Å². The molecule has 0 aliphatic carbocycles. The van der Waals surface area contributed by atoms with Crippen molar-refractivity contribution in [3.8, 4) is 5.75 Å². The molecule has 0 saturated carbocycles. The number of hydrogen-bond acceptors (Lipinski definition) is 4. The first kappa shape index (κ1) is 18.1. The molecule has 2 aromatic carbocycles. The van der Waals surface area contributed by atoms with Gasteiger partial charge >= 0.3 is 0 Å². The summed E-state index contributed by atoms with van der Waals surface area (Å²) in [6.45, 7) is 1.99. The van der Waals surface area contributed by atoms with Gasteiger partial charge in [0.25, 0.3) is 0 Å². The zero-order valence-electron chi connectivity index (χ0n) is 14.7. The standard InChI is InChI=1S/C20H20N2O3S/c1-13-7-8-15-17(9-13)21-14(10-18(15)23)11-26-12-20(24)22-16-5-3-4-6-19(16)25-2/h3-10H,11-12H2,1-2H3,(H,21,23)(H,22,24). The first-order valence-electron chi connectivity index (χ1n) is 8.20. The molecular formula is C20H20N2O3S. The van der Waals surface area contributed by atoms with Crippen molar-refractivity contribution in [1.29, 1.82) is 0 Å². The summed E-state index contributed by atoms with van der Waals surface area (Å²) in [5.41, 5.74) is 3.37. The Hall–Kier alpha value is -2.73. The number of aryl methyl sites for hydroxylation is 1. The maximum absolute atomic E-state index is 12.2. The van der Waals surface area contributed by atoms with Gasteiger partial charge in [-0.15, -0.1) is 11.8 Å². The average Bonchev–Trinajstić information content (AvgIpc) is 2.61. The van der Waals surface area contributed by atoms with E-state index in [0.717, 1.165) is 16.8 Å². The van der Waals surface area contributed by atoms with Gasteiger partial charge in [-0.1, -0.05) is 18.2 Å². The number of H-pyrrole nitrogens is 1. The van der Waals surface area contributed by atoms with E-state index in [-0.39, 0.29) is 17.1 Å². The Morgan fingerprint density at radius 1 is 1.19 bits per heavy atom. The van der Waals surface area contributed by atoms with E-state index in [1.165, 1.54) is 11.8 Å². The van der Waals surface area contributed by atoms with Crippen LogP contribution in [-0.2, 0) is 10.5 Å². The van der Waals surface area contributed by atoms with Crippen LogP contribution in [0, 0.1) is 6.92 Å². The molecule has 0 saturated heterocycles. The number of aromatic amines is 1. The molecule has 5 nitrogen and oxygen atoms in total. The number of thioether (sulfide) groups is 1. The van der Waals surface area contributed by atoms with Crippen molar-refractivity contribution in [2.75, 3.05) is 18.2 Å². The van der Waals surface area contributed by atoms with Gasteiger partial charge in [0.1, 0.15) is 5.75 Å². The molecule has 0 fully saturated rings. The number of amides is 1. The van der Waals surface area contributed by atoms with Crippen molar-refractivity contribution in [2.45, 2.75) is 12.7 Å². The van der Waals surface area contributed by atoms with Crippen LogP contribution >= 0.6 is 11.8 Å². The van der Waals surface area contributed by atoms with E-state index in [4.69, 9.17) is 4.74 Å². The molecule has 2 N–H and O–H groups in total. The second-order valence-electron chi connectivity index (χ2n) is 5.95. The van der Waals surface area contributed by atoms with Crippen LogP contribution in [0.3, 0.4) is 0 Å². The smallest absolute Gasteiger partial charge is 0.234 e. The minimum atomic E-state index is -0.113. The molecular weight excluding hydrogens is 348 g/mol. The predicted molar refractivity (Wildman–Crippen MR) is 107 cm³/mol. The lowest BCUT2D eigenvalue weighted by Crippen LogP contribution is -2.15. The van der Waals surface area contributed by atoms with Crippen LogP contribution in [0.4, 0.5) is 5.69 Å². The van der Waals surface area contributed by atoms with E-state index in [1.807, 2.05) is 37.3 Å². The van der Waals surface area contributed by atoms with Crippen LogP contribution in [0.5, 0.6) is 5.75 Å². The molecule has 0 radical (unpaired) electrons. The summed E-state index contributed by atoms with van der Waals surface area (Å²) in [5, 5.41) is 3.52. The summed E-state index contributed by atoms with van der Waals surface area (Å²) in [4.78, 5) is 27.6. The Morgan fingerprint density at radius 2 is 2.00 bits per heavy atom. The number of benzene rings is 2. The maximum Gasteiger partial charge on any atom is 0.234 e. The third kappa shape index (κ3) is 4.26. The Bertz CT molecular complexity index is 998. The van der Waals surface area contributed by atoms with Crippen molar-refractivity contribution >= 4 is 34.3 Å². The minimum Gasteiger partial charge on any atom is -0.495 e. The van der Waals surface area contributed by atoms with Gasteiger partial charge in [0, 0.05) is 28.4 Å². The Kier molecular flexibility index (Phi) is 5.63. The number of carbonyl (C=O) groups is 1. The maximum atomic E-state index is 12.2. The van der Waals surface area contributed by atoms with Crippen LogP contribution in [-0.4, -0.2) is 23.8 Å². The number of rotatable bonds is 6. The fourth-order valence-electron chi connectivity index (χ4n) is 2.69. The van der Waals surface area contributed by atoms with Crippen molar-refractivity contribution in [3.05, 3.63) is 70.0 Å². The number of pyridine rings is 1. The lowest BCUT2D eigenvalue weighted by molar-refractivity contribution is -0.113. The molecule has 1 aromatic heterocycles. The predicted octanol–water partition coefficient (Wildman–Crippen LogP) is 3.72. The van der Waals surface area contributed by atoms with Crippen LogP contribution in [0.25, 0.3) is 10.9 Å². The summed E-state index contributed by atoms with van der Waals surface area (Å²) in [6.07, 6.45) is 0. The fourth-order valence-corrected chi connectivity index (χ4v) is 3.42. The van der Waals surface area contributed by atoms with Crippen molar-refractivity contribution in [2.24, 2.45) is 0 Å². The Balaban J connectivity index is 1.62. The van der Waals surface area contributed by atoms with Crippen molar-refractivity contribution in [3.63, 3.8) is 0 Å². The molecule has 26 heavy (non-hydrogen) atoms. The van der Waals surface area contributed by atoms with E-state index >= 15 is 0 Å². The van der Waals surface area contributed by atoms with Crippen LogP contribution < -0.4 is 15.5 Å². The number of methoxy groups -OCH3 is 1. The number of anilines is 1. The van der Waals surface area contributed by atoms with E-state index in [0.29, 0.717) is 22.6 Å². The second-order valence-corrected chi connectivity index (χ2v) is 6.93. The summed E-state index contributed by atoms with van der Waals surface area (Å²) in [6, 6.07) is 14.6. The lowest BCUT2D eigenvalue weighted by atomic mass is 10.1. The molecule has 0 unspecified atom stereocenters. The van der Waals surface area contributed by atoms with Gasteiger partial charge in [-0.05, 0) is 36.8 Å². The van der Waals surface area contributed by atoms with Gasteiger partial charge in [0.05, 0.1) is 18.6 Å². The molecule has 1 amide bonds. The number of para-hydroxylation sites is 2.